The molecule has 7 nitrogen and oxygen atoms in total. The highest BCUT2D eigenvalue weighted by atomic mass is 19.4. The summed E-state index contributed by atoms with van der Waals surface area (Å²) >= 11 is 0. The van der Waals surface area contributed by atoms with Crippen molar-refractivity contribution < 1.29 is 22.7 Å². The summed E-state index contributed by atoms with van der Waals surface area (Å²) in [5.74, 6) is 0.459. The average molecular weight is 347 g/mol. The Balaban J connectivity index is 2.19. The van der Waals surface area contributed by atoms with Crippen LogP contribution in [0.15, 0.2) is 12.1 Å². The summed E-state index contributed by atoms with van der Waals surface area (Å²) in [6.07, 6.45) is -5.57. The Hall–Kier alpha value is -2.26. The first-order chi connectivity index (χ1) is 11.0. The van der Waals surface area contributed by atoms with Crippen molar-refractivity contribution in [3.63, 3.8) is 0 Å². The molecule has 1 saturated heterocycles. The molecule has 10 heteroatoms. The van der Waals surface area contributed by atoms with Gasteiger partial charge in [0, 0.05) is 19.6 Å². The van der Waals surface area contributed by atoms with Crippen LogP contribution in [0, 0.1) is 0 Å². The van der Waals surface area contributed by atoms with Crippen LogP contribution in [0.5, 0.6) is 0 Å². The Kier molecular flexibility index (Phi) is 4.77. The summed E-state index contributed by atoms with van der Waals surface area (Å²) in [5.41, 5.74) is 4.56. The lowest BCUT2D eigenvalue weighted by atomic mass is 10.1. The van der Waals surface area contributed by atoms with Crippen LogP contribution < -0.4 is 10.6 Å². The molecule has 134 valence electrons. The van der Waals surface area contributed by atoms with Gasteiger partial charge in [-0.1, -0.05) is 0 Å². The Bertz CT molecular complexity index is 586. The largest absolute Gasteiger partial charge is 0.444 e. The zero-order chi connectivity index (χ0) is 18.1. The zero-order valence-electron chi connectivity index (χ0n) is 13.7. The average Bonchev–Trinajstić information content (AvgIpc) is 2.44. The van der Waals surface area contributed by atoms with Crippen LogP contribution in [-0.4, -0.2) is 58.6 Å². The molecule has 0 spiro atoms. The topological polar surface area (TPSA) is 84.6 Å². The third kappa shape index (κ3) is 4.39. The first-order valence-corrected chi connectivity index (χ1v) is 7.38. The van der Waals surface area contributed by atoms with E-state index < -0.39 is 30.5 Å². The number of hydrogen-bond donors (Lipinski definition) is 1. The summed E-state index contributed by atoms with van der Waals surface area (Å²) in [6, 6.07) is 0.977. The van der Waals surface area contributed by atoms with Crippen molar-refractivity contribution in [1.82, 2.24) is 15.1 Å². The second kappa shape index (κ2) is 6.33. The van der Waals surface area contributed by atoms with Crippen molar-refractivity contribution >= 4 is 17.7 Å². The van der Waals surface area contributed by atoms with Crippen LogP contribution in [0.4, 0.5) is 29.6 Å². The molecule has 24 heavy (non-hydrogen) atoms. The van der Waals surface area contributed by atoms with Crippen LogP contribution >= 0.6 is 0 Å². The fourth-order valence-electron chi connectivity index (χ4n) is 2.31. The van der Waals surface area contributed by atoms with E-state index in [1.54, 1.807) is 20.8 Å². The highest BCUT2D eigenvalue weighted by molar-refractivity contribution is 5.69. The maximum atomic E-state index is 13.4. The number of rotatable bonds is 1. The third-order valence-corrected chi connectivity index (χ3v) is 3.38. The van der Waals surface area contributed by atoms with E-state index in [0.717, 1.165) is 0 Å². The molecule has 0 radical (unpaired) electrons. The SMILES string of the molecule is CC(C)(C)OC(=O)N1CCN(c2ccc(N)nn2)CC1C(F)(F)F. The van der Waals surface area contributed by atoms with Crippen LogP contribution in [0.25, 0.3) is 0 Å². The van der Waals surface area contributed by atoms with Gasteiger partial charge in [-0.25, -0.2) is 4.79 Å². The van der Waals surface area contributed by atoms with Crippen LogP contribution in [0.3, 0.4) is 0 Å². The van der Waals surface area contributed by atoms with Gasteiger partial charge in [-0.05, 0) is 32.9 Å². The van der Waals surface area contributed by atoms with Gasteiger partial charge in [-0.15, -0.1) is 10.2 Å². The molecule has 0 saturated carbocycles. The molecular formula is C14H20F3N5O2. The number of alkyl halides is 3. The van der Waals surface area contributed by atoms with Crippen molar-refractivity contribution in [1.29, 1.82) is 0 Å². The number of carbonyl (C=O) groups is 1. The standard InChI is InChI=1S/C14H20F3N5O2/c1-13(2,3)24-12(23)22-7-6-21(8-9(22)14(15,16)17)11-5-4-10(18)19-20-11/h4-5,9H,6-8H2,1-3H3,(H2,18,19). The van der Waals surface area contributed by atoms with E-state index in [9.17, 15) is 18.0 Å². The molecule has 2 N–H and O–H groups in total. The first kappa shape index (κ1) is 18.1. The number of anilines is 2. The summed E-state index contributed by atoms with van der Waals surface area (Å²) in [7, 11) is 0. The molecule has 1 fully saturated rings. The lowest BCUT2D eigenvalue weighted by Crippen LogP contribution is -2.61. The van der Waals surface area contributed by atoms with Gasteiger partial charge < -0.3 is 15.4 Å². The van der Waals surface area contributed by atoms with Crippen LogP contribution in [0.2, 0.25) is 0 Å². The number of hydrogen-bond acceptors (Lipinski definition) is 6. The molecule has 1 atom stereocenters. The Labute approximate surface area is 137 Å². The highest BCUT2D eigenvalue weighted by Crippen LogP contribution is 2.30. The maximum absolute atomic E-state index is 13.4. The maximum Gasteiger partial charge on any atom is 0.410 e. The molecule has 1 unspecified atom stereocenters. The minimum absolute atomic E-state index is 0.134. The van der Waals surface area contributed by atoms with Crippen molar-refractivity contribution in [2.24, 2.45) is 0 Å². The molecule has 0 aliphatic carbocycles. The number of carbonyl (C=O) groups excluding carboxylic acids is 1. The fourth-order valence-corrected chi connectivity index (χ4v) is 2.31. The fraction of sp³-hybridized carbons (Fsp3) is 0.643. The van der Waals surface area contributed by atoms with Gasteiger partial charge in [0.15, 0.2) is 5.82 Å². The van der Waals surface area contributed by atoms with E-state index in [-0.39, 0.29) is 24.7 Å². The summed E-state index contributed by atoms with van der Waals surface area (Å²) in [6.45, 7) is 4.42. The number of nitrogens with zero attached hydrogens (tertiary/aromatic N) is 4. The smallest absolute Gasteiger partial charge is 0.410 e. The number of amides is 1. The van der Waals surface area contributed by atoms with Crippen molar-refractivity contribution in [3.05, 3.63) is 12.1 Å². The van der Waals surface area contributed by atoms with Gasteiger partial charge in [0.1, 0.15) is 17.5 Å². The molecule has 0 bridgehead atoms. The Morgan fingerprint density at radius 2 is 1.92 bits per heavy atom. The molecule has 1 amide bonds. The number of aromatic nitrogens is 2. The van der Waals surface area contributed by atoms with Crippen molar-refractivity contribution in [2.75, 3.05) is 30.3 Å². The number of nitrogen functional groups attached to an aromatic ring is 1. The van der Waals surface area contributed by atoms with Gasteiger partial charge >= 0.3 is 12.3 Å². The Morgan fingerprint density at radius 3 is 2.42 bits per heavy atom. The molecular weight excluding hydrogens is 327 g/mol. The summed E-state index contributed by atoms with van der Waals surface area (Å²) < 4.78 is 45.3. The lowest BCUT2D eigenvalue weighted by Gasteiger charge is -2.42. The van der Waals surface area contributed by atoms with E-state index >= 15 is 0 Å². The number of ether oxygens (including phenoxy) is 1. The van der Waals surface area contributed by atoms with Crippen LogP contribution in [0.1, 0.15) is 20.8 Å². The predicted octanol–water partition coefficient (Wildman–Crippen LogP) is 2.05. The molecule has 1 aliphatic rings. The van der Waals surface area contributed by atoms with Gasteiger partial charge in [0.2, 0.25) is 0 Å². The quantitative estimate of drug-likeness (QED) is 0.837. The van der Waals surface area contributed by atoms with Gasteiger partial charge in [0.25, 0.3) is 0 Å². The minimum Gasteiger partial charge on any atom is -0.444 e. The van der Waals surface area contributed by atoms with Crippen molar-refractivity contribution in [2.45, 2.75) is 38.6 Å². The normalized spacial score (nSPS) is 19.3. The molecule has 2 heterocycles. The first-order valence-electron chi connectivity index (χ1n) is 7.38. The van der Waals surface area contributed by atoms with E-state index in [1.165, 1.54) is 17.0 Å². The second-order valence-corrected chi connectivity index (χ2v) is 6.49. The molecule has 2 rings (SSSR count). The second-order valence-electron chi connectivity index (χ2n) is 6.49. The summed E-state index contributed by atoms with van der Waals surface area (Å²) in [5, 5.41) is 7.44. The zero-order valence-corrected chi connectivity index (χ0v) is 13.7. The van der Waals surface area contributed by atoms with E-state index in [0.29, 0.717) is 4.90 Å². The Morgan fingerprint density at radius 1 is 1.25 bits per heavy atom. The third-order valence-electron chi connectivity index (χ3n) is 3.38. The minimum atomic E-state index is -4.59. The van der Waals surface area contributed by atoms with Gasteiger partial charge in [-0.3, -0.25) is 4.90 Å². The molecule has 1 aromatic rings. The summed E-state index contributed by atoms with van der Waals surface area (Å²) in [4.78, 5) is 14.2. The number of nitrogens with two attached hydrogens (primary N) is 1. The number of halogens is 3. The lowest BCUT2D eigenvalue weighted by molar-refractivity contribution is -0.181. The molecule has 0 aromatic carbocycles. The van der Waals surface area contributed by atoms with E-state index in [1.807, 2.05) is 0 Å². The molecule has 1 aliphatic heterocycles. The number of piperazine rings is 1. The molecule has 1 aromatic heterocycles. The van der Waals surface area contributed by atoms with Crippen molar-refractivity contribution in [3.8, 4) is 0 Å². The highest BCUT2D eigenvalue weighted by Gasteiger charge is 2.49. The van der Waals surface area contributed by atoms with E-state index in [4.69, 9.17) is 10.5 Å². The van der Waals surface area contributed by atoms with Crippen LogP contribution in [-0.2, 0) is 4.74 Å². The van der Waals surface area contributed by atoms with E-state index in [2.05, 4.69) is 10.2 Å². The predicted molar refractivity (Wildman–Crippen MR) is 81.4 cm³/mol. The van der Waals surface area contributed by atoms with Gasteiger partial charge in [0.05, 0.1) is 0 Å². The van der Waals surface area contributed by atoms with Gasteiger partial charge in [-0.2, -0.15) is 13.2 Å². The monoisotopic (exact) mass is 347 g/mol.